The summed E-state index contributed by atoms with van der Waals surface area (Å²) in [6.45, 7) is 3.54. The maximum atomic E-state index is 13.1. The zero-order valence-corrected chi connectivity index (χ0v) is 20.2. The molecule has 1 aliphatic carbocycles. The van der Waals surface area contributed by atoms with Crippen molar-refractivity contribution < 1.29 is 19.1 Å². The van der Waals surface area contributed by atoms with E-state index in [4.69, 9.17) is 22.1 Å². The number of nitrogens with two attached hydrogens (primary N) is 1. The van der Waals surface area contributed by atoms with Gasteiger partial charge in [0.05, 0.1) is 11.8 Å². The molecule has 1 fully saturated rings. The van der Waals surface area contributed by atoms with E-state index in [1.54, 1.807) is 24.3 Å². The minimum atomic E-state index is -1.01. The number of halogens is 1. The molecule has 0 bridgehead atoms. The van der Waals surface area contributed by atoms with Crippen LogP contribution in [0, 0.1) is 17.8 Å². The molecule has 2 amide bonds. The third-order valence-electron chi connectivity index (χ3n) is 5.96. The molecule has 10 nitrogen and oxygen atoms in total. The van der Waals surface area contributed by atoms with Gasteiger partial charge in [0.25, 0.3) is 0 Å². The number of rotatable bonds is 8. The van der Waals surface area contributed by atoms with Gasteiger partial charge in [0, 0.05) is 10.7 Å². The van der Waals surface area contributed by atoms with E-state index in [0.717, 1.165) is 4.90 Å². The van der Waals surface area contributed by atoms with Crippen LogP contribution in [0.25, 0.3) is 0 Å². The molecule has 2 aliphatic rings. The van der Waals surface area contributed by atoms with E-state index in [9.17, 15) is 14.4 Å². The smallest absolute Gasteiger partial charge is 0.329 e. The predicted molar refractivity (Wildman–Crippen MR) is 129 cm³/mol. The number of anilines is 3. The lowest BCUT2D eigenvalue weighted by atomic mass is 9.85. The van der Waals surface area contributed by atoms with Crippen LogP contribution in [-0.4, -0.2) is 43.7 Å². The van der Waals surface area contributed by atoms with Crippen LogP contribution in [0.2, 0.25) is 5.02 Å². The van der Waals surface area contributed by atoms with Gasteiger partial charge in [-0.25, -0.2) is 4.79 Å². The number of hydrogen-bond donors (Lipinski definition) is 2. The molecule has 1 aromatic heterocycles. The average molecular weight is 499 g/mol. The standard InChI is InChI=1S/C24H27ClN6O4/c1-13(2)11-18(31-20(32)16-5-3-4-6-17(16)21(31)33)22(34)35-12-19-28-23(26)30-24(29-19)27-15-9-7-14(25)8-10-15/h3-4,7-10,13,16-18H,5-6,11-12H2,1-2H3,(H3,26,27,28,29,30). The first-order valence-corrected chi connectivity index (χ1v) is 11.8. The third-order valence-corrected chi connectivity index (χ3v) is 6.21. The highest BCUT2D eigenvalue weighted by Gasteiger charge is 2.51. The van der Waals surface area contributed by atoms with Crippen molar-refractivity contribution in [2.45, 2.75) is 45.8 Å². The predicted octanol–water partition coefficient (Wildman–Crippen LogP) is 3.26. The molecule has 35 heavy (non-hydrogen) atoms. The van der Waals surface area contributed by atoms with E-state index in [1.165, 1.54) is 0 Å². The van der Waals surface area contributed by atoms with E-state index in [0.29, 0.717) is 30.0 Å². The molecule has 3 unspecified atom stereocenters. The number of nitrogen functional groups attached to an aromatic ring is 1. The fraction of sp³-hybridized carbons (Fsp3) is 0.417. The summed E-state index contributed by atoms with van der Waals surface area (Å²) in [6, 6.07) is 5.90. The number of imide groups is 1. The molecular formula is C24H27ClN6O4. The van der Waals surface area contributed by atoms with E-state index in [2.05, 4.69) is 20.3 Å². The highest BCUT2D eigenvalue weighted by molar-refractivity contribution is 6.30. The number of benzene rings is 1. The number of amides is 2. The fourth-order valence-corrected chi connectivity index (χ4v) is 4.47. The Morgan fingerprint density at radius 1 is 1.11 bits per heavy atom. The molecule has 0 saturated carbocycles. The lowest BCUT2D eigenvalue weighted by molar-refractivity contribution is -0.160. The Hall–Kier alpha value is -3.53. The highest BCUT2D eigenvalue weighted by Crippen LogP contribution is 2.37. The molecule has 1 aliphatic heterocycles. The summed E-state index contributed by atoms with van der Waals surface area (Å²) in [5.41, 5.74) is 6.49. The monoisotopic (exact) mass is 498 g/mol. The minimum absolute atomic E-state index is 0.0527. The van der Waals surface area contributed by atoms with Crippen molar-refractivity contribution in [3.05, 3.63) is 47.3 Å². The first kappa shape index (κ1) is 24.6. The second-order valence-electron chi connectivity index (χ2n) is 9.02. The van der Waals surface area contributed by atoms with Gasteiger partial charge in [-0.2, -0.15) is 15.0 Å². The van der Waals surface area contributed by atoms with Crippen molar-refractivity contribution in [2.24, 2.45) is 17.8 Å². The van der Waals surface area contributed by atoms with E-state index in [1.807, 2.05) is 26.0 Å². The van der Waals surface area contributed by atoms with Crippen LogP contribution in [0.5, 0.6) is 0 Å². The van der Waals surface area contributed by atoms with Crippen LogP contribution in [0.4, 0.5) is 17.6 Å². The number of ether oxygens (including phenoxy) is 1. The Bertz CT molecular complexity index is 1130. The van der Waals surface area contributed by atoms with Crippen LogP contribution in [-0.2, 0) is 25.7 Å². The van der Waals surface area contributed by atoms with Gasteiger partial charge in [-0.1, -0.05) is 37.6 Å². The van der Waals surface area contributed by atoms with Gasteiger partial charge in [0.2, 0.25) is 23.7 Å². The molecule has 4 rings (SSSR count). The summed E-state index contributed by atoms with van der Waals surface area (Å²) < 4.78 is 5.48. The van der Waals surface area contributed by atoms with Gasteiger partial charge in [-0.05, 0) is 49.4 Å². The number of hydrogen-bond acceptors (Lipinski definition) is 9. The highest BCUT2D eigenvalue weighted by atomic mass is 35.5. The fourth-order valence-electron chi connectivity index (χ4n) is 4.34. The van der Waals surface area contributed by atoms with Crippen molar-refractivity contribution in [3.8, 4) is 0 Å². The Morgan fingerprint density at radius 3 is 2.34 bits per heavy atom. The molecule has 11 heteroatoms. The molecule has 3 atom stereocenters. The Kier molecular flexibility index (Phi) is 7.30. The lowest BCUT2D eigenvalue weighted by Crippen LogP contribution is -2.47. The molecular weight excluding hydrogens is 472 g/mol. The first-order chi connectivity index (χ1) is 16.7. The molecule has 1 aromatic carbocycles. The normalized spacial score (nSPS) is 20.2. The van der Waals surface area contributed by atoms with Gasteiger partial charge < -0.3 is 15.8 Å². The topological polar surface area (TPSA) is 140 Å². The van der Waals surface area contributed by atoms with Crippen LogP contribution >= 0.6 is 11.6 Å². The number of allylic oxidation sites excluding steroid dienone is 2. The van der Waals surface area contributed by atoms with Crippen molar-refractivity contribution in [1.29, 1.82) is 0 Å². The number of carbonyl (C=O) groups excluding carboxylic acids is 3. The summed E-state index contributed by atoms with van der Waals surface area (Å²) in [7, 11) is 0. The largest absolute Gasteiger partial charge is 0.456 e. The lowest BCUT2D eigenvalue weighted by Gasteiger charge is -2.26. The van der Waals surface area contributed by atoms with Crippen LogP contribution < -0.4 is 11.1 Å². The third kappa shape index (κ3) is 5.59. The summed E-state index contributed by atoms with van der Waals surface area (Å²) in [6.07, 6.45) is 5.12. The van der Waals surface area contributed by atoms with Crippen molar-refractivity contribution in [2.75, 3.05) is 11.1 Å². The van der Waals surface area contributed by atoms with Gasteiger partial charge in [0.1, 0.15) is 6.04 Å². The molecule has 184 valence electrons. The van der Waals surface area contributed by atoms with Crippen LogP contribution in [0.3, 0.4) is 0 Å². The summed E-state index contributed by atoms with van der Waals surface area (Å²) in [4.78, 5) is 52.6. The molecule has 2 heterocycles. The van der Waals surface area contributed by atoms with Gasteiger partial charge in [-0.15, -0.1) is 0 Å². The first-order valence-electron chi connectivity index (χ1n) is 11.4. The number of fused-ring (bicyclic) bond motifs is 1. The van der Waals surface area contributed by atoms with Gasteiger partial charge in [0.15, 0.2) is 12.4 Å². The summed E-state index contributed by atoms with van der Waals surface area (Å²) >= 11 is 5.91. The maximum Gasteiger partial charge on any atom is 0.329 e. The number of carbonyl (C=O) groups is 3. The molecule has 1 saturated heterocycles. The minimum Gasteiger partial charge on any atom is -0.456 e. The Labute approximate surface area is 207 Å². The zero-order chi connectivity index (χ0) is 25.1. The number of nitrogens with one attached hydrogen (secondary N) is 1. The summed E-state index contributed by atoms with van der Waals surface area (Å²) in [5.74, 6) is -1.84. The molecule has 0 radical (unpaired) electrons. The van der Waals surface area contributed by atoms with Crippen molar-refractivity contribution in [3.63, 3.8) is 0 Å². The number of aromatic nitrogens is 3. The van der Waals surface area contributed by atoms with Crippen LogP contribution in [0.15, 0.2) is 36.4 Å². The Morgan fingerprint density at radius 2 is 1.74 bits per heavy atom. The molecule has 2 aromatic rings. The average Bonchev–Trinajstić information content (AvgIpc) is 3.07. The second-order valence-corrected chi connectivity index (χ2v) is 9.46. The number of likely N-dealkylation sites (tertiary alicyclic amines) is 1. The van der Waals surface area contributed by atoms with E-state index in [-0.39, 0.29) is 42.1 Å². The van der Waals surface area contributed by atoms with E-state index >= 15 is 0 Å². The SMILES string of the molecule is CC(C)CC(C(=O)OCc1nc(N)nc(Nc2ccc(Cl)cc2)n1)N1C(=O)C2CC=CCC2C1=O. The Balaban J connectivity index is 1.47. The van der Waals surface area contributed by atoms with Crippen molar-refractivity contribution >= 4 is 47.0 Å². The number of nitrogens with zero attached hydrogens (tertiary/aromatic N) is 4. The number of esters is 1. The maximum absolute atomic E-state index is 13.1. The second kappa shape index (κ2) is 10.4. The van der Waals surface area contributed by atoms with Gasteiger partial charge >= 0.3 is 5.97 Å². The summed E-state index contributed by atoms with van der Waals surface area (Å²) in [5, 5.41) is 3.57. The molecule has 3 N–H and O–H groups in total. The van der Waals surface area contributed by atoms with Gasteiger partial charge in [-0.3, -0.25) is 14.5 Å². The quantitative estimate of drug-likeness (QED) is 0.318. The van der Waals surface area contributed by atoms with Crippen LogP contribution in [0.1, 0.15) is 38.9 Å². The van der Waals surface area contributed by atoms with Crippen molar-refractivity contribution in [1.82, 2.24) is 19.9 Å². The molecule has 0 spiro atoms. The van der Waals surface area contributed by atoms with E-state index < -0.39 is 23.8 Å². The zero-order valence-electron chi connectivity index (χ0n) is 19.5.